The predicted molar refractivity (Wildman–Crippen MR) is 170 cm³/mol. The molecule has 0 bridgehead atoms. The minimum absolute atomic E-state index is 0.156. The quantitative estimate of drug-likeness (QED) is 0.187. The van der Waals surface area contributed by atoms with Gasteiger partial charge in [-0.05, 0) is 53.1 Å². The molecule has 1 N–H and O–H groups in total. The lowest BCUT2D eigenvalue weighted by Gasteiger charge is -2.08. The fourth-order valence-corrected chi connectivity index (χ4v) is 4.80. The summed E-state index contributed by atoms with van der Waals surface area (Å²) >= 11 is 0. The summed E-state index contributed by atoms with van der Waals surface area (Å²) in [6.07, 6.45) is 2.05. The molecule has 1 aromatic heterocycles. The van der Waals surface area contributed by atoms with E-state index in [4.69, 9.17) is 19.5 Å². The van der Waals surface area contributed by atoms with Gasteiger partial charge in [0, 0.05) is 22.4 Å². The first-order valence-corrected chi connectivity index (χ1v) is 13.8. The second-order valence-electron chi connectivity index (χ2n) is 9.79. The molecule has 212 valence electrons. The highest BCUT2D eigenvalue weighted by molar-refractivity contribution is 6.38. The molecular weight excluding hydrogens is 538 g/mol. The monoisotopic (exact) mass is 567 g/mol. The molecule has 0 saturated heterocycles. The van der Waals surface area contributed by atoms with Crippen molar-refractivity contribution in [1.29, 1.82) is 0 Å². The van der Waals surface area contributed by atoms with Crippen LogP contribution in [0.5, 0.6) is 11.5 Å². The molecule has 1 aliphatic heterocycles. The fraction of sp³-hybridized carbons (Fsp3) is 0.0833. The molecule has 0 aliphatic carbocycles. The molecule has 0 spiro atoms. The molecule has 0 saturated carbocycles. The normalized spacial score (nSPS) is 13.4. The van der Waals surface area contributed by atoms with E-state index in [1.165, 1.54) is 7.11 Å². The van der Waals surface area contributed by atoms with Gasteiger partial charge in [0.1, 0.15) is 17.3 Å². The SMILES string of the molecule is COC(=O)COc1ccc(C2=CC(c3ccccc3)=NC2=Nc2[nH]c(-c3ccccc3)cc2-c2ccc(OC)cc2)cc1. The molecule has 1 aliphatic rings. The lowest BCUT2D eigenvalue weighted by molar-refractivity contribution is -0.142. The molecule has 43 heavy (non-hydrogen) atoms. The van der Waals surface area contributed by atoms with Crippen molar-refractivity contribution >= 4 is 28.9 Å². The largest absolute Gasteiger partial charge is 0.497 e. The van der Waals surface area contributed by atoms with Gasteiger partial charge >= 0.3 is 5.97 Å². The summed E-state index contributed by atoms with van der Waals surface area (Å²) in [5.74, 6) is 2.19. The summed E-state index contributed by atoms with van der Waals surface area (Å²) in [6.45, 7) is -0.156. The second kappa shape index (κ2) is 12.4. The van der Waals surface area contributed by atoms with Gasteiger partial charge in [0.15, 0.2) is 12.4 Å². The average molecular weight is 568 g/mol. The zero-order valence-corrected chi connectivity index (χ0v) is 23.8. The molecule has 7 nitrogen and oxygen atoms in total. The Labute approximate surface area is 249 Å². The number of aromatic amines is 1. The van der Waals surface area contributed by atoms with Crippen LogP contribution in [0.4, 0.5) is 5.82 Å². The number of allylic oxidation sites excluding steroid dienone is 1. The number of aliphatic imine (C=N–C) groups is 2. The Balaban J connectivity index is 1.43. The third-order valence-electron chi connectivity index (χ3n) is 7.07. The van der Waals surface area contributed by atoms with Gasteiger partial charge in [-0.15, -0.1) is 0 Å². The number of nitrogens with one attached hydrogen (secondary N) is 1. The summed E-state index contributed by atoms with van der Waals surface area (Å²) in [6, 6.07) is 37.8. The predicted octanol–water partition coefficient (Wildman–Crippen LogP) is 7.53. The van der Waals surface area contributed by atoms with Gasteiger partial charge in [-0.3, -0.25) is 0 Å². The van der Waals surface area contributed by atoms with E-state index in [9.17, 15) is 4.79 Å². The Bertz CT molecular complexity index is 1820. The molecule has 4 aromatic carbocycles. The minimum atomic E-state index is -0.439. The van der Waals surface area contributed by atoms with E-state index in [0.29, 0.717) is 17.4 Å². The molecule has 5 aromatic rings. The molecule has 0 amide bonds. The van der Waals surface area contributed by atoms with Crippen molar-refractivity contribution in [2.24, 2.45) is 9.98 Å². The molecular formula is C36H29N3O4. The topological polar surface area (TPSA) is 85.3 Å². The van der Waals surface area contributed by atoms with Crippen LogP contribution >= 0.6 is 0 Å². The van der Waals surface area contributed by atoms with E-state index < -0.39 is 5.97 Å². The first kappa shape index (κ1) is 27.5. The number of carbonyl (C=O) groups is 1. The van der Waals surface area contributed by atoms with Crippen molar-refractivity contribution in [2.75, 3.05) is 20.8 Å². The van der Waals surface area contributed by atoms with E-state index in [-0.39, 0.29) is 6.61 Å². The molecule has 0 unspecified atom stereocenters. The molecule has 0 fully saturated rings. The van der Waals surface area contributed by atoms with Gasteiger partial charge in [0.2, 0.25) is 0 Å². The third-order valence-corrected chi connectivity index (χ3v) is 7.07. The number of aromatic nitrogens is 1. The van der Waals surface area contributed by atoms with Crippen LogP contribution in [0, 0.1) is 0 Å². The number of H-pyrrole nitrogens is 1. The highest BCUT2D eigenvalue weighted by Crippen LogP contribution is 2.37. The maximum Gasteiger partial charge on any atom is 0.343 e. The van der Waals surface area contributed by atoms with E-state index in [1.54, 1.807) is 7.11 Å². The number of nitrogens with zero attached hydrogens (tertiary/aromatic N) is 2. The van der Waals surface area contributed by atoms with Crippen LogP contribution in [0.3, 0.4) is 0 Å². The summed E-state index contributed by atoms with van der Waals surface area (Å²) in [4.78, 5) is 25.2. The van der Waals surface area contributed by atoms with Gasteiger partial charge in [-0.1, -0.05) is 84.9 Å². The Morgan fingerprint density at radius 1 is 0.744 bits per heavy atom. The number of rotatable bonds is 9. The van der Waals surface area contributed by atoms with E-state index >= 15 is 0 Å². The van der Waals surface area contributed by atoms with Crippen molar-refractivity contribution in [1.82, 2.24) is 4.98 Å². The van der Waals surface area contributed by atoms with Crippen LogP contribution in [0.1, 0.15) is 11.1 Å². The smallest absolute Gasteiger partial charge is 0.343 e. The second-order valence-corrected chi connectivity index (χ2v) is 9.79. The standard InChI is InChI=1S/C36H29N3O4/c1-41-28-17-13-24(14-18-28)30-21-32(26-9-5-3-6-10-26)37-35(30)39-36-31(22-33(38-36)27-11-7-4-8-12-27)25-15-19-29(20-16-25)43-23-34(40)42-2/h3-22,37H,23H2,1-2H3. The number of ether oxygens (including phenoxy) is 3. The van der Waals surface area contributed by atoms with Crippen molar-refractivity contribution in [3.63, 3.8) is 0 Å². The van der Waals surface area contributed by atoms with Crippen molar-refractivity contribution < 1.29 is 19.0 Å². The van der Waals surface area contributed by atoms with Crippen LogP contribution in [0.25, 0.3) is 28.0 Å². The summed E-state index contributed by atoms with van der Waals surface area (Å²) in [7, 11) is 2.99. The molecule has 2 heterocycles. The minimum Gasteiger partial charge on any atom is -0.497 e. The first-order valence-electron chi connectivity index (χ1n) is 13.8. The Kier molecular flexibility index (Phi) is 7.95. The number of esters is 1. The molecule has 6 rings (SSSR count). The van der Waals surface area contributed by atoms with Gasteiger partial charge in [-0.2, -0.15) is 0 Å². The number of methoxy groups -OCH3 is 2. The molecule has 0 radical (unpaired) electrons. The molecule has 7 heteroatoms. The maximum absolute atomic E-state index is 11.5. The Morgan fingerprint density at radius 2 is 1.37 bits per heavy atom. The maximum atomic E-state index is 11.5. The Hall–Kier alpha value is -5.69. The van der Waals surface area contributed by atoms with Gasteiger partial charge in [0.05, 0.1) is 19.9 Å². The molecule has 0 atom stereocenters. The van der Waals surface area contributed by atoms with E-state index in [1.807, 2.05) is 103 Å². The highest BCUT2D eigenvalue weighted by Gasteiger charge is 2.21. The van der Waals surface area contributed by atoms with Gasteiger partial charge in [-0.25, -0.2) is 14.8 Å². The third kappa shape index (κ3) is 6.16. The Morgan fingerprint density at radius 3 is 2.02 bits per heavy atom. The first-order chi connectivity index (χ1) is 21.1. The van der Waals surface area contributed by atoms with E-state index in [0.717, 1.165) is 50.5 Å². The van der Waals surface area contributed by atoms with Crippen LogP contribution < -0.4 is 9.47 Å². The lowest BCUT2D eigenvalue weighted by Crippen LogP contribution is -2.12. The zero-order chi connectivity index (χ0) is 29.6. The zero-order valence-electron chi connectivity index (χ0n) is 23.8. The van der Waals surface area contributed by atoms with Crippen LogP contribution in [0.15, 0.2) is 131 Å². The summed E-state index contributed by atoms with van der Waals surface area (Å²) in [5.41, 5.74) is 7.56. The van der Waals surface area contributed by atoms with Crippen LogP contribution in [-0.4, -0.2) is 43.3 Å². The van der Waals surface area contributed by atoms with Crippen molar-refractivity contribution in [3.05, 3.63) is 132 Å². The van der Waals surface area contributed by atoms with Gasteiger partial charge < -0.3 is 19.2 Å². The van der Waals surface area contributed by atoms with E-state index in [2.05, 4.69) is 27.9 Å². The number of hydrogen-bond acceptors (Lipinski definition) is 5. The summed E-state index contributed by atoms with van der Waals surface area (Å²) < 4.78 is 15.6. The summed E-state index contributed by atoms with van der Waals surface area (Å²) in [5, 5.41) is 0. The fourth-order valence-electron chi connectivity index (χ4n) is 4.80. The van der Waals surface area contributed by atoms with Crippen LogP contribution in [-0.2, 0) is 9.53 Å². The lowest BCUT2D eigenvalue weighted by atomic mass is 10.0. The average Bonchev–Trinajstić information content (AvgIpc) is 3.70. The number of benzene rings is 4. The van der Waals surface area contributed by atoms with Gasteiger partial charge in [0.25, 0.3) is 0 Å². The number of hydrogen-bond donors (Lipinski definition) is 1. The number of carbonyl (C=O) groups excluding carboxylic acids is 1. The van der Waals surface area contributed by atoms with Crippen molar-refractivity contribution in [2.45, 2.75) is 0 Å². The number of amidine groups is 1. The highest BCUT2D eigenvalue weighted by atomic mass is 16.6. The van der Waals surface area contributed by atoms with Crippen molar-refractivity contribution in [3.8, 4) is 33.9 Å². The van der Waals surface area contributed by atoms with Crippen LogP contribution in [0.2, 0.25) is 0 Å².